The lowest BCUT2D eigenvalue weighted by atomic mass is 10.1. The molecular formula is C22H28N2O3S. The van der Waals surface area contributed by atoms with E-state index in [0.717, 1.165) is 29.5 Å². The van der Waals surface area contributed by atoms with Crippen LogP contribution in [0.25, 0.3) is 0 Å². The molecule has 6 heteroatoms. The number of rotatable bonds is 6. The molecule has 1 N–H and O–H groups in total. The van der Waals surface area contributed by atoms with Crippen LogP contribution >= 0.6 is 0 Å². The van der Waals surface area contributed by atoms with Gasteiger partial charge in [0.05, 0.1) is 18.5 Å². The first-order valence-electron chi connectivity index (χ1n) is 9.68. The molecule has 2 aromatic rings. The summed E-state index contributed by atoms with van der Waals surface area (Å²) in [4.78, 5) is 12.4. The third-order valence-corrected chi connectivity index (χ3v) is 6.27. The Hall–Kier alpha value is -2.34. The molecular weight excluding hydrogens is 372 g/mol. The second-order valence-electron chi connectivity index (χ2n) is 7.77. The van der Waals surface area contributed by atoms with Crippen LogP contribution in [0.2, 0.25) is 0 Å². The maximum atomic E-state index is 12.4. The van der Waals surface area contributed by atoms with E-state index in [2.05, 4.69) is 5.32 Å². The lowest BCUT2D eigenvalue weighted by molar-refractivity contribution is 0.0938. The van der Waals surface area contributed by atoms with Gasteiger partial charge in [-0.3, -0.25) is 9.10 Å². The van der Waals surface area contributed by atoms with Crippen LogP contribution in [0.1, 0.15) is 52.7 Å². The lowest BCUT2D eigenvalue weighted by Crippen LogP contribution is -2.32. The average molecular weight is 401 g/mol. The Labute approximate surface area is 167 Å². The van der Waals surface area contributed by atoms with E-state index in [1.54, 1.807) is 12.1 Å². The van der Waals surface area contributed by atoms with Crippen molar-refractivity contribution in [1.82, 2.24) is 5.32 Å². The molecule has 0 unspecified atom stereocenters. The van der Waals surface area contributed by atoms with Crippen LogP contribution in [-0.4, -0.2) is 26.6 Å². The summed E-state index contributed by atoms with van der Waals surface area (Å²) in [6.45, 7) is 4.13. The Morgan fingerprint density at radius 1 is 1.04 bits per heavy atom. The normalized spacial score (nSPS) is 14.8. The molecule has 1 fully saturated rings. The number of hydrogen-bond acceptors (Lipinski definition) is 3. The Kier molecular flexibility index (Phi) is 6.08. The molecule has 0 aromatic heterocycles. The number of nitrogens with zero attached hydrogens (tertiary/aromatic N) is 1. The maximum absolute atomic E-state index is 12.4. The van der Waals surface area contributed by atoms with Gasteiger partial charge >= 0.3 is 0 Å². The van der Waals surface area contributed by atoms with Crippen LogP contribution in [0.15, 0.2) is 42.5 Å². The van der Waals surface area contributed by atoms with E-state index < -0.39 is 10.0 Å². The molecule has 0 heterocycles. The number of hydrogen-bond donors (Lipinski definition) is 1. The second kappa shape index (κ2) is 8.35. The zero-order valence-corrected chi connectivity index (χ0v) is 17.6. The predicted octanol–water partition coefficient (Wildman–Crippen LogP) is 3.94. The highest BCUT2D eigenvalue weighted by molar-refractivity contribution is 7.92. The summed E-state index contributed by atoms with van der Waals surface area (Å²) >= 11 is 0. The van der Waals surface area contributed by atoms with Crippen molar-refractivity contribution in [3.63, 3.8) is 0 Å². The summed E-state index contributed by atoms with van der Waals surface area (Å²) in [7, 11) is -3.44. The molecule has 0 atom stereocenters. The fourth-order valence-corrected chi connectivity index (χ4v) is 4.63. The maximum Gasteiger partial charge on any atom is 0.251 e. The van der Waals surface area contributed by atoms with Gasteiger partial charge in [-0.2, -0.15) is 0 Å². The van der Waals surface area contributed by atoms with Crippen molar-refractivity contribution in [2.24, 2.45) is 0 Å². The van der Waals surface area contributed by atoms with Gasteiger partial charge < -0.3 is 5.32 Å². The van der Waals surface area contributed by atoms with E-state index in [9.17, 15) is 13.2 Å². The van der Waals surface area contributed by atoms with Gasteiger partial charge in [0.25, 0.3) is 5.91 Å². The summed E-state index contributed by atoms with van der Waals surface area (Å²) in [5.74, 6) is -0.0623. The van der Waals surface area contributed by atoms with Gasteiger partial charge in [0.1, 0.15) is 0 Å². The second-order valence-corrected chi connectivity index (χ2v) is 9.67. The smallest absolute Gasteiger partial charge is 0.251 e. The fraction of sp³-hybridized carbons (Fsp3) is 0.409. The monoisotopic (exact) mass is 400 g/mol. The summed E-state index contributed by atoms with van der Waals surface area (Å²) in [6, 6.07) is 13.2. The summed E-state index contributed by atoms with van der Waals surface area (Å²) in [5, 5.41) is 3.07. The Morgan fingerprint density at radius 3 is 2.14 bits per heavy atom. The van der Waals surface area contributed by atoms with E-state index in [4.69, 9.17) is 0 Å². The quantitative estimate of drug-likeness (QED) is 0.799. The lowest BCUT2D eigenvalue weighted by Gasteiger charge is -2.23. The van der Waals surface area contributed by atoms with Crippen LogP contribution < -0.4 is 9.62 Å². The molecule has 3 rings (SSSR count). The molecule has 0 aliphatic heterocycles. The minimum atomic E-state index is -3.44. The third kappa shape index (κ3) is 5.13. The number of amides is 1. The van der Waals surface area contributed by atoms with Crippen molar-refractivity contribution in [2.75, 3.05) is 10.6 Å². The first-order valence-corrected chi connectivity index (χ1v) is 11.5. The molecule has 1 saturated carbocycles. The molecule has 2 aromatic carbocycles. The zero-order valence-electron chi connectivity index (χ0n) is 16.7. The average Bonchev–Trinajstić information content (AvgIpc) is 3.11. The van der Waals surface area contributed by atoms with Gasteiger partial charge in [-0.05, 0) is 67.6 Å². The standard InChI is InChI=1S/C22H28N2O3S/c1-16-12-17(2)14-21(13-16)24(28(3,26)27)15-18-8-10-19(11-9-18)22(25)23-20-6-4-5-7-20/h8-14,20H,4-7,15H2,1-3H3,(H,23,25). The summed E-state index contributed by atoms with van der Waals surface area (Å²) < 4.78 is 26.2. The van der Waals surface area contributed by atoms with Gasteiger partial charge in [0, 0.05) is 11.6 Å². The molecule has 1 aliphatic rings. The summed E-state index contributed by atoms with van der Waals surface area (Å²) in [6.07, 6.45) is 5.65. The van der Waals surface area contributed by atoms with Gasteiger partial charge in [0.15, 0.2) is 0 Å². The number of carbonyl (C=O) groups excluding carboxylic acids is 1. The minimum Gasteiger partial charge on any atom is -0.349 e. The largest absolute Gasteiger partial charge is 0.349 e. The van der Waals surface area contributed by atoms with Crippen LogP contribution in [0, 0.1) is 13.8 Å². The van der Waals surface area contributed by atoms with Crippen molar-refractivity contribution in [2.45, 2.75) is 52.1 Å². The molecule has 150 valence electrons. The number of benzene rings is 2. The van der Waals surface area contributed by atoms with E-state index in [-0.39, 0.29) is 18.5 Å². The Balaban J connectivity index is 1.77. The number of aryl methyl sites for hydroxylation is 2. The highest BCUT2D eigenvalue weighted by Gasteiger charge is 2.20. The topological polar surface area (TPSA) is 66.5 Å². The van der Waals surface area contributed by atoms with Crippen molar-refractivity contribution in [1.29, 1.82) is 0 Å². The highest BCUT2D eigenvalue weighted by Crippen LogP contribution is 2.24. The molecule has 5 nitrogen and oxygen atoms in total. The molecule has 1 aliphatic carbocycles. The molecule has 0 saturated heterocycles. The third-order valence-electron chi connectivity index (χ3n) is 5.13. The van der Waals surface area contributed by atoms with Crippen molar-refractivity contribution >= 4 is 21.6 Å². The van der Waals surface area contributed by atoms with Crippen molar-refractivity contribution < 1.29 is 13.2 Å². The van der Waals surface area contributed by atoms with Crippen LogP contribution in [0.5, 0.6) is 0 Å². The molecule has 28 heavy (non-hydrogen) atoms. The van der Waals surface area contributed by atoms with E-state index in [0.29, 0.717) is 11.3 Å². The van der Waals surface area contributed by atoms with Crippen molar-refractivity contribution in [3.8, 4) is 0 Å². The van der Waals surface area contributed by atoms with Crippen LogP contribution in [0.4, 0.5) is 5.69 Å². The highest BCUT2D eigenvalue weighted by atomic mass is 32.2. The van der Waals surface area contributed by atoms with Gasteiger partial charge in [0.2, 0.25) is 10.0 Å². The van der Waals surface area contributed by atoms with E-state index >= 15 is 0 Å². The number of carbonyl (C=O) groups is 1. The number of anilines is 1. The van der Waals surface area contributed by atoms with Gasteiger partial charge in [-0.15, -0.1) is 0 Å². The summed E-state index contributed by atoms with van der Waals surface area (Å²) in [5.41, 5.74) is 4.13. The number of nitrogens with one attached hydrogen (secondary N) is 1. The minimum absolute atomic E-state index is 0.0623. The zero-order chi connectivity index (χ0) is 20.3. The van der Waals surface area contributed by atoms with Gasteiger partial charge in [-0.25, -0.2) is 8.42 Å². The first kappa shape index (κ1) is 20.4. The van der Waals surface area contributed by atoms with Gasteiger partial charge in [-0.1, -0.05) is 31.0 Å². The predicted molar refractivity (Wildman–Crippen MR) is 113 cm³/mol. The fourth-order valence-electron chi connectivity index (χ4n) is 3.76. The van der Waals surface area contributed by atoms with E-state index in [1.165, 1.54) is 23.4 Å². The number of sulfonamides is 1. The van der Waals surface area contributed by atoms with Crippen LogP contribution in [0.3, 0.4) is 0 Å². The molecule has 0 bridgehead atoms. The molecule has 0 spiro atoms. The molecule has 1 amide bonds. The van der Waals surface area contributed by atoms with Crippen molar-refractivity contribution in [3.05, 3.63) is 64.7 Å². The van der Waals surface area contributed by atoms with E-state index in [1.807, 2.05) is 44.2 Å². The Bertz CT molecular complexity index is 926. The SMILES string of the molecule is Cc1cc(C)cc(N(Cc2ccc(C(=O)NC3CCCC3)cc2)S(C)(=O)=O)c1. The molecule has 0 radical (unpaired) electrons. The Morgan fingerprint density at radius 2 is 1.61 bits per heavy atom. The van der Waals surface area contributed by atoms with Crippen LogP contribution in [-0.2, 0) is 16.6 Å². The first-order chi connectivity index (χ1) is 13.2.